The minimum absolute atomic E-state index is 0.112. The molecule has 0 unspecified atom stereocenters. The van der Waals surface area contributed by atoms with E-state index in [-0.39, 0.29) is 17.5 Å². The van der Waals surface area contributed by atoms with E-state index in [0.717, 1.165) is 5.56 Å². The first kappa shape index (κ1) is 19.9. The molecule has 152 valence electrons. The van der Waals surface area contributed by atoms with Gasteiger partial charge in [0.25, 0.3) is 0 Å². The highest BCUT2D eigenvalue weighted by Crippen LogP contribution is 2.26. The number of hydrogen-bond acceptors (Lipinski definition) is 5. The molecule has 30 heavy (non-hydrogen) atoms. The number of amides is 1. The van der Waals surface area contributed by atoms with Crippen molar-refractivity contribution in [2.75, 3.05) is 11.1 Å². The number of anilines is 1. The zero-order valence-corrected chi connectivity index (χ0v) is 17.0. The minimum atomic E-state index is -0.355. The van der Waals surface area contributed by atoms with E-state index in [4.69, 9.17) is 4.42 Å². The Labute approximate surface area is 177 Å². The molecule has 0 aliphatic rings. The van der Waals surface area contributed by atoms with Crippen LogP contribution in [0.1, 0.15) is 11.1 Å². The molecule has 6 nitrogen and oxygen atoms in total. The van der Waals surface area contributed by atoms with Crippen LogP contribution in [-0.4, -0.2) is 26.4 Å². The predicted molar refractivity (Wildman–Crippen MR) is 114 cm³/mol. The molecule has 2 aromatic heterocycles. The highest BCUT2D eigenvalue weighted by Gasteiger charge is 2.18. The highest BCUT2D eigenvalue weighted by atomic mass is 32.2. The van der Waals surface area contributed by atoms with Gasteiger partial charge in [0.15, 0.2) is 10.9 Å². The zero-order chi connectivity index (χ0) is 20.9. The summed E-state index contributed by atoms with van der Waals surface area (Å²) in [4.78, 5) is 12.4. The number of halogens is 1. The number of aryl methyl sites for hydroxylation is 1. The summed E-state index contributed by atoms with van der Waals surface area (Å²) in [6.07, 6.45) is 1.58. The maximum atomic E-state index is 13.7. The van der Waals surface area contributed by atoms with Crippen LogP contribution < -0.4 is 5.32 Å². The fraction of sp³-hybridized carbons (Fsp3) is 0.136. The summed E-state index contributed by atoms with van der Waals surface area (Å²) in [5, 5.41) is 11.8. The number of carbonyl (C=O) groups is 1. The smallest absolute Gasteiger partial charge is 0.234 e. The predicted octanol–water partition coefficient (Wildman–Crippen LogP) is 4.76. The fourth-order valence-electron chi connectivity index (χ4n) is 2.89. The van der Waals surface area contributed by atoms with Gasteiger partial charge < -0.3 is 9.73 Å². The maximum absolute atomic E-state index is 13.7. The van der Waals surface area contributed by atoms with Crippen molar-refractivity contribution in [2.45, 2.75) is 18.6 Å². The second-order valence-corrected chi connectivity index (χ2v) is 7.60. The maximum Gasteiger partial charge on any atom is 0.234 e. The molecule has 0 saturated carbocycles. The quantitative estimate of drug-likeness (QED) is 0.435. The van der Waals surface area contributed by atoms with Crippen molar-refractivity contribution in [1.82, 2.24) is 14.8 Å². The Morgan fingerprint density at radius 3 is 2.70 bits per heavy atom. The van der Waals surface area contributed by atoms with Gasteiger partial charge in [0.05, 0.1) is 18.6 Å². The van der Waals surface area contributed by atoms with Crippen LogP contribution in [0.4, 0.5) is 10.1 Å². The van der Waals surface area contributed by atoms with E-state index in [1.165, 1.54) is 17.8 Å². The lowest BCUT2D eigenvalue weighted by Crippen LogP contribution is -2.15. The first-order chi connectivity index (χ1) is 14.6. The summed E-state index contributed by atoms with van der Waals surface area (Å²) in [6.45, 7) is 2.21. The molecule has 8 heteroatoms. The number of hydrogen-bond donors (Lipinski definition) is 1. The second-order valence-electron chi connectivity index (χ2n) is 6.66. The van der Waals surface area contributed by atoms with Gasteiger partial charge in [-0.05, 0) is 42.3 Å². The average molecular weight is 422 g/mol. The van der Waals surface area contributed by atoms with Crippen molar-refractivity contribution in [3.8, 4) is 11.6 Å². The second kappa shape index (κ2) is 8.96. The van der Waals surface area contributed by atoms with Crippen LogP contribution in [0.15, 0.2) is 76.5 Å². The molecular weight excluding hydrogens is 403 g/mol. The number of nitrogens with zero attached hydrogens (tertiary/aromatic N) is 3. The summed E-state index contributed by atoms with van der Waals surface area (Å²) in [5.74, 6) is 0.695. The van der Waals surface area contributed by atoms with Crippen molar-refractivity contribution < 1.29 is 13.6 Å². The minimum Gasteiger partial charge on any atom is -0.461 e. The van der Waals surface area contributed by atoms with E-state index in [2.05, 4.69) is 15.5 Å². The molecule has 1 N–H and O–H groups in total. The van der Waals surface area contributed by atoms with Gasteiger partial charge >= 0.3 is 0 Å². The third kappa shape index (κ3) is 4.60. The van der Waals surface area contributed by atoms with Gasteiger partial charge in [-0.15, -0.1) is 10.2 Å². The van der Waals surface area contributed by atoms with Crippen molar-refractivity contribution in [3.63, 3.8) is 0 Å². The lowest BCUT2D eigenvalue weighted by Gasteiger charge is -2.10. The Balaban J connectivity index is 1.50. The molecule has 0 bridgehead atoms. The van der Waals surface area contributed by atoms with Gasteiger partial charge in [-0.1, -0.05) is 48.2 Å². The van der Waals surface area contributed by atoms with Gasteiger partial charge in [-0.3, -0.25) is 9.36 Å². The van der Waals surface area contributed by atoms with Crippen LogP contribution in [0, 0.1) is 12.7 Å². The number of benzene rings is 2. The molecule has 2 aromatic carbocycles. The molecule has 0 aliphatic carbocycles. The highest BCUT2D eigenvalue weighted by molar-refractivity contribution is 7.99. The average Bonchev–Trinajstić information content (AvgIpc) is 3.40. The van der Waals surface area contributed by atoms with Crippen molar-refractivity contribution in [1.29, 1.82) is 0 Å². The van der Waals surface area contributed by atoms with Crippen LogP contribution in [-0.2, 0) is 11.3 Å². The summed E-state index contributed by atoms with van der Waals surface area (Å²) in [6, 6.07) is 18.1. The molecular formula is C22H19FN4O2S. The number of aromatic nitrogens is 3. The van der Waals surface area contributed by atoms with Gasteiger partial charge in [0.2, 0.25) is 11.7 Å². The molecule has 0 radical (unpaired) electrons. The molecule has 0 fully saturated rings. The van der Waals surface area contributed by atoms with Gasteiger partial charge in [-0.25, -0.2) is 4.39 Å². The number of rotatable bonds is 7. The van der Waals surface area contributed by atoms with E-state index < -0.39 is 0 Å². The standard InChI is InChI=1S/C22H19FN4O2S/c1-15-9-10-17(12-18(15)23)24-20(28)14-30-22-26-25-21(19-8-5-11-29-19)27(22)13-16-6-3-2-4-7-16/h2-12H,13-14H2,1H3,(H,24,28). The Hall–Kier alpha value is -3.39. The number of thioether (sulfide) groups is 1. The van der Waals surface area contributed by atoms with Crippen LogP contribution in [0.3, 0.4) is 0 Å². The molecule has 0 spiro atoms. The van der Waals surface area contributed by atoms with Crippen LogP contribution in [0.2, 0.25) is 0 Å². The monoisotopic (exact) mass is 422 g/mol. The van der Waals surface area contributed by atoms with Crippen molar-refractivity contribution in [2.24, 2.45) is 0 Å². The van der Waals surface area contributed by atoms with Gasteiger partial charge in [-0.2, -0.15) is 0 Å². The Bertz CT molecular complexity index is 1140. The third-order valence-corrected chi connectivity index (χ3v) is 5.40. The Morgan fingerprint density at radius 2 is 1.97 bits per heavy atom. The fourth-order valence-corrected chi connectivity index (χ4v) is 3.63. The first-order valence-electron chi connectivity index (χ1n) is 9.30. The molecule has 1 amide bonds. The summed E-state index contributed by atoms with van der Waals surface area (Å²) < 4.78 is 21.1. The van der Waals surface area contributed by atoms with E-state index in [1.54, 1.807) is 31.4 Å². The number of carbonyl (C=O) groups excluding carboxylic acids is 1. The van der Waals surface area contributed by atoms with Gasteiger partial charge in [0.1, 0.15) is 5.82 Å². The third-order valence-electron chi connectivity index (χ3n) is 4.43. The van der Waals surface area contributed by atoms with Crippen LogP contribution >= 0.6 is 11.8 Å². The molecule has 0 aliphatic heterocycles. The van der Waals surface area contributed by atoms with Gasteiger partial charge in [0, 0.05) is 5.69 Å². The molecule has 0 saturated heterocycles. The van der Waals surface area contributed by atoms with Crippen LogP contribution in [0.5, 0.6) is 0 Å². The lowest BCUT2D eigenvalue weighted by atomic mass is 10.2. The normalized spacial score (nSPS) is 10.9. The molecule has 0 atom stereocenters. The first-order valence-corrected chi connectivity index (χ1v) is 10.3. The number of furan rings is 1. The van der Waals surface area contributed by atoms with Crippen molar-refractivity contribution >= 4 is 23.4 Å². The van der Waals surface area contributed by atoms with Crippen molar-refractivity contribution in [3.05, 3.63) is 83.9 Å². The summed E-state index contributed by atoms with van der Waals surface area (Å²) >= 11 is 1.26. The largest absolute Gasteiger partial charge is 0.461 e. The SMILES string of the molecule is Cc1ccc(NC(=O)CSc2nnc(-c3ccco3)n2Cc2ccccc2)cc1F. The number of nitrogens with one attached hydrogen (secondary N) is 1. The van der Waals surface area contributed by atoms with E-state index in [1.807, 2.05) is 41.0 Å². The van der Waals surface area contributed by atoms with Crippen LogP contribution in [0.25, 0.3) is 11.6 Å². The molecule has 4 aromatic rings. The summed E-state index contributed by atoms with van der Waals surface area (Å²) in [7, 11) is 0. The van der Waals surface area contributed by atoms with E-state index in [0.29, 0.717) is 34.5 Å². The molecule has 4 rings (SSSR count). The van der Waals surface area contributed by atoms with E-state index in [9.17, 15) is 9.18 Å². The Kier molecular flexibility index (Phi) is 5.94. The Morgan fingerprint density at radius 1 is 1.13 bits per heavy atom. The molecule has 2 heterocycles. The zero-order valence-electron chi connectivity index (χ0n) is 16.2. The summed E-state index contributed by atoms with van der Waals surface area (Å²) in [5.41, 5.74) is 2.03. The topological polar surface area (TPSA) is 73.0 Å². The van der Waals surface area contributed by atoms with E-state index >= 15 is 0 Å². The lowest BCUT2D eigenvalue weighted by molar-refractivity contribution is -0.113.